The molecule has 3 fully saturated rings. The van der Waals surface area contributed by atoms with Crippen LogP contribution in [0.25, 0.3) is 0 Å². The van der Waals surface area contributed by atoms with Crippen LogP contribution in [0, 0.1) is 0 Å². The first-order valence-electron chi connectivity index (χ1n) is 29.9. The molecule has 5 aromatic heterocycles. The van der Waals surface area contributed by atoms with Crippen molar-refractivity contribution < 1.29 is 37.4 Å². The van der Waals surface area contributed by atoms with E-state index in [1.165, 1.54) is 40.8 Å². The van der Waals surface area contributed by atoms with E-state index in [2.05, 4.69) is 77.6 Å². The summed E-state index contributed by atoms with van der Waals surface area (Å²) in [5.41, 5.74) is 19.6. The summed E-state index contributed by atoms with van der Waals surface area (Å²) in [5.74, 6) is 3.00. The van der Waals surface area contributed by atoms with Crippen molar-refractivity contribution in [2.24, 2.45) is 17.2 Å². The third kappa shape index (κ3) is 19.2. The molecule has 92 heavy (non-hydrogen) atoms. The van der Waals surface area contributed by atoms with Gasteiger partial charge in [-0.15, -0.1) is 0 Å². The van der Waals surface area contributed by atoms with Gasteiger partial charge in [-0.2, -0.15) is 15.0 Å². The van der Waals surface area contributed by atoms with Gasteiger partial charge in [0.05, 0.1) is 58.7 Å². The quantitative estimate of drug-likeness (QED) is 0.0574. The first kappa shape index (κ1) is 65.8. The number of hydrogen-bond acceptors (Lipinski definition) is 23. The Kier molecular flexibility index (Phi) is 23.4. The number of amides is 3. The van der Waals surface area contributed by atoms with Crippen LogP contribution in [-0.2, 0) is 19.6 Å². The lowest BCUT2D eigenvalue weighted by atomic mass is 10.2. The van der Waals surface area contributed by atoms with E-state index >= 15 is 0 Å². The molecule has 3 saturated heterocycles. The van der Waals surface area contributed by atoms with Gasteiger partial charge in [0, 0.05) is 122 Å². The number of nitrogens with zero attached hydrogens (tertiary/aromatic N) is 12. The molecule has 0 saturated carbocycles. The van der Waals surface area contributed by atoms with Crippen LogP contribution in [0.15, 0.2) is 197 Å². The van der Waals surface area contributed by atoms with Gasteiger partial charge in [-0.25, -0.2) is 15.0 Å². The number of hydrogen-bond donors (Lipinski definition) is 3. The average molecular weight is 1300 g/mol. The zero-order valence-corrected chi connectivity index (χ0v) is 53.9. The highest BCUT2D eigenvalue weighted by molar-refractivity contribution is 8.00. The minimum atomic E-state index is -0.450. The number of nitrogens with two attached hydrogens (primary N) is 3. The molecule has 8 heterocycles. The van der Waals surface area contributed by atoms with E-state index in [0.717, 1.165) is 126 Å². The molecule has 12 rings (SSSR count). The molecule has 0 radical (unpaired) electrons. The fourth-order valence-corrected chi connectivity index (χ4v) is 11.9. The lowest BCUT2D eigenvalue weighted by Gasteiger charge is -2.32. The maximum atomic E-state index is 11.3. The number of rotatable bonds is 22. The predicted octanol–water partition coefficient (Wildman–Crippen LogP) is 8.40. The Morgan fingerprint density at radius 1 is 0.446 bits per heavy atom. The fourth-order valence-electron chi connectivity index (χ4n) is 9.45. The van der Waals surface area contributed by atoms with Gasteiger partial charge in [-0.3, -0.25) is 14.4 Å². The summed E-state index contributed by atoms with van der Waals surface area (Å²) < 4.78 is 28.7. The minimum Gasteiger partial charge on any atom is -0.476 e. The Hall–Kier alpha value is -9.18. The number of aromatic nitrogens is 6. The highest BCUT2D eigenvalue weighted by Crippen LogP contribution is 2.38. The molecule has 26 heteroatoms. The predicted molar refractivity (Wildman–Crippen MR) is 354 cm³/mol. The van der Waals surface area contributed by atoms with Crippen molar-refractivity contribution in [1.82, 2.24) is 44.6 Å². The molecule has 3 aliphatic rings. The number of carbonyl (C=O) groups is 3. The summed E-state index contributed by atoms with van der Waals surface area (Å²) in [6.45, 7) is 12.3. The Labute approximate surface area is 547 Å². The van der Waals surface area contributed by atoms with E-state index in [-0.39, 0.29) is 6.61 Å². The van der Waals surface area contributed by atoms with E-state index in [1.54, 1.807) is 67.6 Å². The molecule has 4 aromatic carbocycles. The molecule has 478 valence electrons. The van der Waals surface area contributed by atoms with E-state index in [0.29, 0.717) is 65.4 Å². The Morgan fingerprint density at radius 2 is 0.837 bits per heavy atom. The molecule has 3 aliphatic heterocycles. The van der Waals surface area contributed by atoms with E-state index in [9.17, 15) is 14.4 Å². The second-order valence-electron chi connectivity index (χ2n) is 21.7. The molecule has 0 atom stereocenters. The van der Waals surface area contributed by atoms with Gasteiger partial charge >= 0.3 is 0 Å². The van der Waals surface area contributed by atoms with Gasteiger partial charge in [-0.05, 0) is 118 Å². The fraction of sp³-hybridized carbons (Fsp3) is 0.288. The number of furan rings is 2. The Morgan fingerprint density at radius 3 is 1.20 bits per heavy atom. The van der Waals surface area contributed by atoms with Crippen LogP contribution in [0.5, 0.6) is 17.6 Å². The monoisotopic (exact) mass is 1300 g/mol. The van der Waals surface area contributed by atoms with Gasteiger partial charge in [-0.1, -0.05) is 65.6 Å². The molecule has 0 aliphatic carbocycles. The number of benzene rings is 4. The highest BCUT2D eigenvalue weighted by Gasteiger charge is 2.23. The molecule has 6 N–H and O–H groups in total. The van der Waals surface area contributed by atoms with Crippen molar-refractivity contribution in [3.05, 3.63) is 192 Å². The molecule has 9 aromatic rings. The van der Waals surface area contributed by atoms with Crippen molar-refractivity contribution in [3.8, 4) is 17.6 Å². The molecule has 3 amide bonds. The molecule has 0 unspecified atom stereocenters. The number of ether oxygens (including phenoxy) is 3. The number of anilines is 3. The summed E-state index contributed by atoms with van der Waals surface area (Å²) >= 11 is 4.45. The minimum absolute atomic E-state index is 0.278. The molecule has 23 nitrogen and oxygen atoms in total. The van der Waals surface area contributed by atoms with Crippen LogP contribution in [-0.4, -0.2) is 169 Å². The number of primary amides is 3. The summed E-state index contributed by atoms with van der Waals surface area (Å²) in [6.07, 6.45) is 11.1. The standard InChI is InChI=1S/C24H27N5O2S.2C21H23N5O3S/c1-28-12-14-29(15-13-28)24-26-17-21(32-20-9-7-19(8-10-20)22(25)30)23(27-24)31-16-11-18-5-3-2-4-6-18;1-25-7-9-26(10-8-25)21-23-12-18(20(24-21)29-14-15-6-11-28-13-15)30-17-4-2-16(3-5-17)19(22)27;1-25-8-10-26(11-9-25)21-23-13-18(20(24-21)29-14-16-3-2-12-28-16)30-17-6-4-15(5-7-17)19(22)27/h2-10,17H,11-16H2,1H3,(H2,25,30);2-6,11-13H,7-10,14H2,1H3,(H2,22,27);2-7,12-13H,8-11,14H2,1H3,(H2,22,27). The molecular formula is C66H73N15O8S3. The van der Waals surface area contributed by atoms with Gasteiger partial charge in [0.25, 0.3) is 0 Å². The van der Waals surface area contributed by atoms with Crippen LogP contribution in [0.3, 0.4) is 0 Å². The lowest BCUT2D eigenvalue weighted by molar-refractivity contribution is 0.0992. The highest BCUT2D eigenvalue weighted by atomic mass is 32.2. The second kappa shape index (κ2) is 32.7. The van der Waals surface area contributed by atoms with E-state index in [4.69, 9.17) is 55.2 Å². The van der Waals surface area contributed by atoms with E-state index < -0.39 is 17.7 Å². The maximum Gasteiger partial charge on any atom is 0.248 e. The van der Waals surface area contributed by atoms with Crippen molar-refractivity contribution in [2.75, 3.05) is 121 Å². The zero-order chi connectivity index (χ0) is 64.2. The second-order valence-corrected chi connectivity index (χ2v) is 25.1. The summed E-state index contributed by atoms with van der Waals surface area (Å²) in [4.78, 5) is 80.5. The summed E-state index contributed by atoms with van der Waals surface area (Å²) in [7, 11) is 6.35. The van der Waals surface area contributed by atoms with Gasteiger partial charge in [0.2, 0.25) is 53.2 Å². The van der Waals surface area contributed by atoms with Gasteiger partial charge < -0.3 is 69.6 Å². The lowest BCUT2D eigenvalue weighted by Crippen LogP contribution is -2.45. The largest absolute Gasteiger partial charge is 0.476 e. The Bertz CT molecular complexity index is 3640. The normalized spacial score (nSPS) is 14.5. The van der Waals surface area contributed by atoms with Crippen LogP contribution >= 0.6 is 35.3 Å². The molecule has 0 bridgehead atoms. The van der Waals surface area contributed by atoms with Gasteiger partial charge in [0.15, 0.2) is 0 Å². The smallest absolute Gasteiger partial charge is 0.248 e. The van der Waals surface area contributed by atoms with Crippen LogP contribution < -0.4 is 46.1 Å². The first-order chi connectivity index (χ1) is 44.7. The topological polar surface area (TPSA) is 280 Å². The van der Waals surface area contributed by atoms with Gasteiger partial charge in [0.1, 0.15) is 19.0 Å². The average Bonchev–Trinajstić information content (AvgIpc) is 2.72. The van der Waals surface area contributed by atoms with E-state index in [1.807, 2.05) is 79.0 Å². The Balaban J connectivity index is 0.000000151. The van der Waals surface area contributed by atoms with Crippen molar-refractivity contribution in [3.63, 3.8) is 0 Å². The third-order valence-electron chi connectivity index (χ3n) is 14.9. The molecular weight excluding hydrogens is 1230 g/mol. The number of piperazine rings is 3. The summed E-state index contributed by atoms with van der Waals surface area (Å²) in [5, 5.41) is 0. The van der Waals surface area contributed by atoms with Crippen LogP contribution in [0.4, 0.5) is 17.8 Å². The first-order valence-corrected chi connectivity index (χ1v) is 32.3. The van der Waals surface area contributed by atoms with Crippen LogP contribution in [0.1, 0.15) is 48.0 Å². The van der Waals surface area contributed by atoms with Crippen molar-refractivity contribution in [1.29, 1.82) is 0 Å². The van der Waals surface area contributed by atoms with Crippen molar-refractivity contribution >= 4 is 70.9 Å². The van der Waals surface area contributed by atoms with Crippen LogP contribution in [0.2, 0.25) is 0 Å². The van der Waals surface area contributed by atoms with Crippen molar-refractivity contribution in [2.45, 2.75) is 49.0 Å². The third-order valence-corrected chi connectivity index (χ3v) is 18.0. The summed E-state index contributed by atoms with van der Waals surface area (Å²) in [6, 6.07) is 37.2. The zero-order valence-electron chi connectivity index (χ0n) is 51.4. The molecule has 0 spiro atoms. The maximum absolute atomic E-state index is 11.3. The number of likely N-dealkylation sites (N-methyl/N-ethyl adjacent to an activating group) is 3. The SMILES string of the molecule is CN1CCN(c2ncc(Sc3ccc(C(N)=O)cc3)c(OCCc3ccccc3)n2)CC1.CN1CCN(c2ncc(Sc3ccc(C(N)=O)cc3)c(OCc3ccco3)n2)CC1.CN1CCN(c2ncc(Sc3ccc(C(N)=O)cc3)c(OCc3ccoc3)n2)CC1. The number of carbonyl (C=O) groups excluding carboxylic acids is 3.